The highest BCUT2D eigenvalue weighted by molar-refractivity contribution is 7.99. The summed E-state index contributed by atoms with van der Waals surface area (Å²) in [5.41, 5.74) is 0.854. The molecule has 0 amide bonds. The Labute approximate surface area is 167 Å². The minimum Gasteiger partial charge on any atom is -0.494 e. The van der Waals surface area contributed by atoms with Gasteiger partial charge in [0.25, 0.3) is 0 Å². The number of carbonyl (C=O) groups excluding carboxylic acids is 1. The van der Waals surface area contributed by atoms with Crippen LogP contribution in [0.15, 0.2) is 59.8 Å². The van der Waals surface area contributed by atoms with Crippen molar-refractivity contribution in [2.75, 3.05) is 19.5 Å². The number of rotatable bonds is 9. The van der Waals surface area contributed by atoms with Crippen LogP contribution in [0, 0.1) is 0 Å². The van der Waals surface area contributed by atoms with E-state index < -0.39 is 0 Å². The van der Waals surface area contributed by atoms with Crippen molar-refractivity contribution in [1.29, 1.82) is 0 Å². The Kier molecular flexibility index (Phi) is 6.91. The molecule has 0 saturated carbocycles. The number of nitrogens with zero attached hydrogens (tertiary/aromatic N) is 3. The van der Waals surface area contributed by atoms with Crippen LogP contribution >= 0.6 is 11.8 Å². The number of esters is 1. The van der Waals surface area contributed by atoms with Crippen molar-refractivity contribution in [3.63, 3.8) is 0 Å². The Balaban J connectivity index is 1.86. The van der Waals surface area contributed by atoms with Gasteiger partial charge in [-0.25, -0.2) is 0 Å². The maximum absolute atomic E-state index is 11.5. The number of thioether (sulfide) groups is 1. The molecule has 0 spiro atoms. The first-order valence-electron chi connectivity index (χ1n) is 8.76. The topological polar surface area (TPSA) is 75.5 Å². The van der Waals surface area contributed by atoms with E-state index in [9.17, 15) is 4.79 Å². The Morgan fingerprint density at radius 1 is 1.00 bits per heavy atom. The van der Waals surface area contributed by atoms with E-state index in [1.54, 1.807) is 0 Å². The van der Waals surface area contributed by atoms with Gasteiger partial charge in [0.15, 0.2) is 11.0 Å². The van der Waals surface area contributed by atoms with Crippen molar-refractivity contribution in [2.24, 2.45) is 0 Å². The first-order valence-corrected chi connectivity index (χ1v) is 9.74. The van der Waals surface area contributed by atoms with E-state index in [1.807, 2.05) is 66.1 Å². The van der Waals surface area contributed by atoms with Crippen LogP contribution in [-0.4, -0.2) is 40.2 Å². The molecule has 0 aliphatic rings. The van der Waals surface area contributed by atoms with E-state index in [0.29, 0.717) is 17.6 Å². The summed E-state index contributed by atoms with van der Waals surface area (Å²) in [4.78, 5) is 11.5. The van der Waals surface area contributed by atoms with Crippen molar-refractivity contribution in [3.05, 3.63) is 60.4 Å². The monoisotopic (exact) mass is 399 g/mol. The summed E-state index contributed by atoms with van der Waals surface area (Å²) < 4.78 is 17.9. The Bertz CT molecular complexity index is 898. The first kappa shape index (κ1) is 19.8. The van der Waals surface area contributed by atoms with Gasteiger partial charge in [-0.1, -0.05) is 30.0 Å². The predicted octanol–water partition coefficient (Wildman–Crippen LogP) is 3.51. The molecule has 7 nitrogen and oxygen atoms in total. The molecule has 3 rings (SSSR count). The molecule has 0 fully saturated rings. The van der Waals surface area contributed by atoms with Gasteiger partial charge in [-0.3, -0.25) is 9.36 Å². The molecular weight excluding hydrogens is 378 g/mol. The van der Waals surface area contributed by atoms with Crippen LogP contribution in [0.2, 0.25) is 0 Å². The third-order valence-corrected chi connectivity index (χ3v) is 4.67. The molecule has 0 unspecified atom stereocenters. The largest absolute Gasteiger partial charge is 0.494 e. The molecule has 1 aromatic heterocycles. The third-order valence-electron chi connectivity index (χ3n) is 3.76. The van der Waals surface area contributed by atoms with Crippen LogP contribution in [0.25, 0.3) is 5.69 Å². The van der Waals surface area contributed by atoms with Crippen molar-refractivity contribution >= 4 is 17.7 Å². The lowest BCUT2D eigenvalue weighted by molar-refractivity contribution is -0.137. The average molecular weight is 399 g/mol. The predicted molar refractivity (Wildman–Crippen MR) is 106 cm³/mol. The first-order chi connectivity index (χ1) is 13.7. The number of ether oxygens (including phenoxy) is 3. The van der Waals surface area contributed by atoms with Crippen molar-refractivity contribution in [2.45, 2.75) is 18.7 Å². The van der Waals surface area contributed by atoms with E-state index in [2.05, 4.69) is 10.2 Å². The normalized spacial score (nSPS) is 10.5. The van der Waals surface area contributed by atoms with Crippen LogP contribution < -0.4 is 9.47 Å². The molecule has 0 saturated heterocycles. The molecule has 3 aromatic rings. The highest BCUT2D eigenvalue weighted by Gasteiger charge is 2.17. The highest BCUT2D eigenvalue weighted by atomic mass is 32.2. The van der Waals surface area contributed by atoms with Gasteiger partial charge in [0, 0.05) is 5.69 Å². The molecular formula is C20H21N3O4S. The quantitative estimate of drug-likeness (QED) is 0.403. The fraction of sp³-hybridized carbons (Fsp3) is 0.250. The lowest BCUT2D eigenvalue weighted by Crippen LogP contribution is -2.08. The van der Waals surface area contributed by atoms with Crippen molar-refractivity contribution in [3.8, 4) is 17.2 Å². The summed E-state index contributed by atoms with van der Waals surface area (Å²) >= 11 is 1.26. The highest BCUT2D eigenvalue weighted by Crippen LogP contribution is 2.25. The van der Waals surface area contributed by atoms with Crippen LogP contribution in [0.3, 0.4) is 0 Å². The summed E-state index contributed by atoms with van der Waals surface area (Å²) in [6, 6.07) is 17.1. The molecule has 0 N–H and O–H groups in total. The summed E-state index contributed by atoms with van der Waals surface area (Å²) in [5.74, 6) is 1.97. The third kappa shape index (κ3) is 5.04. The second-order valence-corrected chi connectivity index (χ2v) is 6.57. The van der Waals surface area contributed by atoms with Crippen LogP contribution in [-0.2, 0) is 16.1 Å². The van der Waals surface area contributed by atoms with Crippen molar-refractivity contribution < 1.29 is 19.0 Å². The second-order valence-electron chi connectivity index (χ2n) is 5.63. The van der Waals surface area contributed by atoms with E-state index in [-0.39, 0.29) is 18.3 Å². The van der Waals surface area contributed by atoms with Crippen LogP contribution in [0.1, 0.15) is 12.7 Å². The molecule has 8 heteroatoms. The Morgan fingerprint density at radius 2 is 1.71 bits per heavy atom. The zero-order valence-electron chi connectivity index (χ0n) is 15.7. The zero-order valence-corrected chi connectivity index (χ0v) is 16.5. The SMILES string of the molecule is CCOc1ccc(-n2c(COc3ccccc3)nnc2SCC(=O)OC)cc1. The molecule has 0 aliphatic heterocycles. The average Bonchev–Trinajstić information content (AvgIpc) is 3.15. The standard InChI is InChI=1S/C20H21N3O4S/c1-3-26-17-11-9-15(10-12-17)23-18(13-27-16-7-5-4-6-8-16)21-22-20(23)28-14-19(24)25-2/h4-12H,3,13-14H2,1-2H3. The van der Waals surface area contributed by atoms with Gasteiger partial charge in [-0.2, -0.15) is 0 Å². The number of aromatic nitrogens is 3. The van der Waals surface area contributed by atoms with Gasteiger partial charge < -0.3 is 14.2 Å². The molecule has 2 aromatic carbocycles. The molecule has 1 heterocycles. The Morgan fingerprint density at radius 3 is 2.39 bits per heavy atom. The number of hydrogen-bond acceptors (Lipinski definition) is 7. The summed E-state index contributed by atoms with van der Waals surface area (Å²) in [7, 11) is 1.36. The molecule has 28 heavy (non-hydrogen) atoms. The minimum atomic E-state index is -0.326. The second kappa shape index (κ2) is 9.80. The maximum Gasteiger partial charge on any atom is 0.316 e. The lowest BCUT2D eigenvalue weighted by atomic mass is 10.3. The summed E-state index contributed by atoms with van der Waals surface area (Å²) in [5, 5.41) is 9.07. The van der Waals surface area contributed by atoms with E-state index >= 15 is 0 Å². The van der Waals surface area contributed by atoms with Gasteiger partial charge in [-0.05, 0) is 43.3 Å². The van der Waals surface area contributed by atoms with Gasteiger partial charge in [0.1, 0.15) is 18.1 Å². The van der Waals surface area contributed by atoms with E-state index in [1.165, 1.54) is 18.9 Å². The van der Waals surface area contributed by atoms with Gasteiger partial charge in [0.05, 0.1) is 19.5 Å². The fourth-order valence-corrected chi connectivity index (χ4v) is 3.25. The summed E-state index contributed by atoms with van der Waals surface area (Å²) in [6.45, 7) is 2.78. The molecule has 146 valence electrons. The Hall–Kier alpha value is -3.00. The zero-order chi connectivity index (χ0) is 19.8. The molecule has 0 radical (unpaired) electrons. The van der Waals surface area contributed by atoms with Crippen LogP contribution in [0.4, 0.5) is 0 Å². The van der Waals surface area contributed by atoms with Gasteiger partial charge >= 0.3 is 5.97 Å². The van der Waals surface area contributed by atoms with Crippen molar-refractivity contribution in [1.82, 2.24) is 14.8 Å². The van der Waals surface area contributed by atoms with E-state index in [4.69, 9.17) is 14.2 Å². The molecule has 0 aliphatic carbocycles. The maximum atomic E-state index is 11.5. The summed E-state index contributed by atoms with van der Waals surface area (Å²) in [6.07, 6.45) is 0. The number of para-hydroxylation sites is 1. The smallest absolute Gasteiger partial charge is 0.316 e. The van der Waals surface area contributed by atoms with Crippen LogP contribution in [0.5, 0.6) is 11.5 Å². The number of methoxy groups -OCH3 is 1. The lowest BCUT2D eigenvalue weighted by Gasteiger charge is -2.12. The van der Waals surface area contributed by atoms with Gasteiger partial charge in [-0.15, -0.1) is 10.2 Å². The molecule has 0 bridgehead atoms. The number of benzene rings is 2. The fourth-order valence-electron chi connectivity index (χ4n) is 2.45. The molecule has 0 atom stereocenters. The van der Waals surface area contributed by atoms with E-state index in [0.717, 1.165) is 17.2 Å². The number of carbonyl (C=O) groups is 1. The number of hydrogen-bond donors (Lipinski definition) is 0. The minimum absolute atomic E-state index is 0.144. The van der Waals surface area contributed by atoms with Gasteiger partial charge in [0.2, 0.25) is 0 Å².